The lowest BCUT2D eigenvalue weighted by Gasteiger charge is -2.23. The third-order valence-corrected chi connectivity index (χ3v) is 1.30. The molecule has 0 heterocycles. The number of rotatable bonds is 5. The van der Waals surface area contributed by atoms with Gasteiger partial charge in [0.05, 0.1) is 27.7 Å². The number of quaternary nitrogens is 1. The van der Waals surface area contributed by atoms with Gasteiger partial charge in [0.25, 0.3) is 5.91 Å². The maximum Gasteiger partial charge on any atom is 0.278 e. The van der Waals surface area contributed by atoms with Gasteiger partial charge in [-0.15, -0.1) is 0 Å². The molecule has 0 rings (SSSR count). The fraction of sp³-hybridized carbons (Fsp3) is 0.889. The van der Waals surface area contributed by atoms with E-state index in [1.807, 2.05) is 21.1 Å². The second-order valence-corrected chi connectivity index (χ2v) is 4.57. The van der Waals surface area contributed by atoms with Crippen LogP contribution >= 0.6 is 0 Å². The van der Waals surface area contributed by atoms with Gasteiger partial charge in [-0.25, -0.2) is 10.0 Å². The lowest BCUT2D eigenvalue weighted by molar-refractivity contribution is -0.906. The Morgan fingerprint density at radius 1 is 1.31 bits per heavy atom. The summed E-state index contributed by atoms with van der Waals surface area (Å²) < 4.78 is 0.461. The number of hydrogen-bond donors (Lipinski definition) is 2. The summed E-state index contributed by atoms with van der Waals surface area (Å²) in [7, 11) is 5.75. The molecule has 1 amide bonds. The quantitative estimate of drug-likeness (QED) is 0.470. The van der Waals surface area contributed by atoms with Crippen molar-refractivity contribution in [2.24, 2.45) is 5.92 Å². The zero-order chi connectivity index (χ0) is 10.5. The lowest BCUT2D eigenvalue weighted by Crippen LogP contribution is -2.53. The van der Waals surface area contributed by atoms with E-state index < -0.39 is 0 Å². The Bertz CT molecular complexity index is 161. The molecule has 0 aromatic carbocycles. The van der Waals surface area contributed by atoms with Gasteiger partial charge in [-0.1, -0.05) is 13.8 Å². The third kappa shape index (κ3) is 9.30. The summed E-state index contributed by atoms with van der Waals surface area (Å²) in [6.07, 6.45) is 0. The fourth-order valence-corrected chi connectivity index (χ4v) is 0.888. The van der Waals surface area contributed by atoms with Gasteiger partial charge in [0.2, 0.25) is 0 Å². The first-order chi connectivity index (χ1) is 5.81. The summed E-state index contributed by atoms with van der Waals surface area (Å²) in [5.41, 5.74) is 2.83. The molecule has 0 aromatic rings. The summed E-state index contributed by atoms with van der Waals surface area (Å²) in [6.45, 7) is 5.51. The number of carbonyl (C=O) groups excluding carboxylic acids is 1. The van der Waals surface area contributed by atoms with Crippen molar-refractivity contribution in [3.63, 3.8) is 0 Å². The van der Waals surface area contributed by atoms with E-state index in [1.165, 1.54) is 0 Å². The van der Waals surface area contributed by atoms with Gasteiger partial charge >= 0.3 is 0 Å². The molecule has 0 aromatic heterocycles. The number of carbonyl (C=O) groups is 1. The SMILES string of the molecule is CC(C)CNCC(=O)N[N+](C)(C)C. The van der Waals surface area contributed by atoms with Crippen LogP contribution in [0.1, 0.15) is 13.8 Å². The molecular weight excluding hydrogens is 166 g/mol. The highest BCUT2D eigenvalue weighted by molar-refractivity contribution is 5.76. The molecule has 0 saturated heterocycles. The fourth-order valence-electron chi connectivity index (χ4n) is 0.888. The summed E-state index contributed by atoms with van der Waals surface area (Å²) in [6, 6.07) is 0. The molecule has 13 heavy (non-hydrogen) atoms. The minimum Gasteiger partial charge on any atom is -0.308 e. The molecule has 78 valence electrons. The van der Waals surface area contributed by atoms with Crippen molar-refractivity contribution in [2.75, 3.05) is 34.2 Å². The Morgan fingerprint density at radius 2 is 1.85 bits per heavy atom. The van der Waals surface area contributed by atoms with Crippen LogP contribution in [0.2, 0.25) is 0 Å². The molecule has 0 atom stereocenters. The van der Waals surface area contributed by atoms with Gasteiger partial charge in [0.15, 0.2) is 0 Å². The average molecular weight is 188 g/mol. The average Bonchev–Trinajstić information content (AvgIpc) is 1.81. The molecule has 0 aliphatic heterocycles. The molecule has 0 saturated carbocycles. The van der Waals surface area contributed by atoms with Gasteiger partial charge < -0.3 is 5.32 Å². The van der Waals surface area contributed by atoms with Crippen LogP contribution in [0.4, 0.5) is 0 Å². The van der Waals surface area contributed by atoms with Gasteiger partial charge in [-0.2, -0.15) is 0 Å². The molecule has 4 nitrogen and oxygen atoms in total. The van der Waals surface area contributed by atoms with Crippen LogP contribution in [0, 0.1) is 5.92 Å². The van der Waals surface area contributed by atoms with Crippen LogP contribution in [0.5, 0.6) is 0 Å². The van der Waals surface area contributed by atoms with E-state index in [1.54, 1.807) is 0 Å². The second-order valence-electron chi connectivity index (χ2n) is 4.57. The predicted molar refractivity (Wildman–Crippen MR) is 53.9 cm³/mol. The Balaban J connectivity index is 3.53. The molecule has 0 spiro atoms. The normalized spacial score (nSPS) is 11.8. The topological polar surface area (TPSA) is 41.1 Å². The maximum atomic E-state index is 11.3. The highest BCUT2D eigenvalue weighted by atomic mass is 16.2. The van der Waals surface area contributed by atoms with E-state index in [4.69, 9.17) is 0 Å². The monoisotopic (exact) mass is 188 g/mol. The van der Waals surface area contributed by atoms with Gasteiger partial charge in [-0.3, -0.25) is 4.79 Å². The highest BCUT2D eigenvalue weighted by Gasteiger charge is 2.11. The summed E-state index contributed by atoms with van der Waals surface area (Å²) in [5.74, 6) is 0.616. The molecule has 0 aliphatic rings. The number of nitrogens with zero attached hydrogens (tertiary/aromatic N) is 1. The van der Waals surface area contributed by atoms with Gasteiger partial charge in [0.1, 0.15) is 0 Å². The first kappa shape index (κ1) is 12.4. The number of nitrogens with one attached hydrogen (secondary N) is 2. The Hall–Kier alpha value is -0.610. The van der Waals surface area contributed by atoms with Crippen molar-refractivity contribution >= 4 is 5.91 Å². The van der Waals surface area contributed by atoms with E-state index >= 15 is 0 Å². The van der Waals surface area contributed by atoms with Crippen molar-refractivity contribution in [2.45, 2.75) is 13.8 Å². The van der Waals surface area contributed by atoms with E-state index in [2.05, 4.69) is 24.6 Å². The molecule has 2 N–H and O–H groups in total. The van der Waals surface area contributed by atoms with Crippen molar-refractivity contribution < 1.29 is 9.39 Å². The maximum absolute atomic E-state index is 11.3. The number of hydrogen-bond acceptors (Lipinski definition) is 2. The van der Waals surface area contributed by atoms with Crippen LogP contribution in [0.15, 0.2) is 0 Å². The molecule has 0 aliphatic carbocycles. The number of amides is 1. The van der Waals surface area contributed by atoms with E-state index in [0.29, 0.717) is 17.1 Å². The largest absolute Gasteiger partial charge is 0.308 e. The standard InChI is InChI=1S/C9H21N3O/c1-8(2)6-10-7-9(13)11-12(3,4)5/h8,10H,6-7H2,1-5H3/p+1. The first-order valence-electron chi connectivity index (χ1n) is 4.64. The molecule has 0 bridgehead atoms. The van der Waals surface area contributed by atoms with Crippen molar-refractivity contribution in [1.29, 1.82) is 0 Å². The zero-order valence-electron chi connectivity index (χ0n) is 9.35. The summed E-state index contributed by atoms with van der Waals surface area (Å²) >= 11 is 0. The van der Waals surface area contributed by atoms with Crippen molar-refractivity contribution in [1.82, 2.24) is 10.7 Å². The second kappa shape index (κ2) is 5.19. The Kier molecular flexibility index (Phi) is 4.95. The third-order valence-electron chi connectivity index (χ3n) is 1.30. The van der Waals surface area contributed by atoms with Crippen LogP contribution in [-0.4, -0.2) is 44.7 Å². The predicted octanol–water partition coefficient (Wildman–Crippen LogP) is -0.0306. The van der Waals surface area contributed by atoms with E-state index in [9.17, 15) is 4.79 Å². The highest BCUT2D eigenvalue weighted by Crippen LogP contribution is 1.86. The molecule has 0 fully saturated rings. The lowest BCUT2D eigenvalue weighted by atomic mass is 10.2. The molecule has 4 heteroatoms. The smallest absolute Gasteiger partial charge is 0.278 e. The van der Waals surface area contributed by atoms with Crippen LogP contribution < -0.4 is 10.7 Å². The van der Waals surface area contributed by atoms with Crippen molar-refractivity contribution in [3.05, 3.63) is 0 Å². The van der Waals surface area contributed by atoms with Gasteiger partial charge in [-0.05, 0) is 12.5 Å². The summed E-state index contributed by atoms with van der Waals surface area (Å²) in [5, 5.41) is 3.09. The minimum atomic E-state index is 0.0353. The Labute approximate surface area is 80.9 Å². The van der Waals surface area contributed by atoms with Gasteiger partial charge in [0, 0.05) is 0 Å². The van der Waals surface area contributed by atoms with Crippen LogP contribution in [0.3, 0.4) is 0 Å². The molecule has 0 radical (unpaired) electrons. The molecular formula is C9H22N3O+. The van der Waals surface area contributed by atoms with E-state index in [0.717, 1.165) is 6.54 Å². The van der Waals surface area contributed by atoms with Crippen LogP contribution in [-0.2, 0) is 4.79 Å². The minimum absolute atomic E-state index is 0.0353. The Morgan fingerprint density at radius 3 is 2.23 bits per heavy atom. The molecule has 0 unspecified atom stereocenters. The zero-order valence-corrected chi connectivity index (χ0v) is 9.35. The first-order valence-corrected chi connectivity index (χ1v) is 4.64. The van der Waals surface area contributed by atoms with E-state index in [-0.39, 0.29) is 5.91 Å². The van der Waals surface area contributed by atoms with Crippen LogP contribution in [0.25, 0.3) is 0 Å². The van der Waals surface area contributed by atoms with Crippen molar-refractivity contribution in [3.8, 4) is 0 Å². The summed E-state index contributed by atoms with van der Waals surface area (Å²) in [4.78, 5) is 11.3.